The second-order valence-electron chi connectivity index (χ2n) is 7.64. The van der Waals surface area contributed by atoms with Gasteiger partial charge in [-0.05, 0) is 56.0 Å². The fourth-order valence-electron chi connectivity index (χ4n) is 3.56. The van der Waals surface area contributed by atoms with Crippen LogP contribution in [0.4, 0.5) is 27.9 Å². The molecule has 0 unspecified atom stereocenters. The van der Waals surface area contributed by atoms with E-state index in [2.05, 4.69) is 30.5 Å². The molecule has 2 amide bonds. The lowest BCUT2D eigenvalue weighted by molar-refractivity contribution is 0.208. The number of amides is 2. The van der Waals surface area contributed by atoms with Crippen LogP contribution in [-0.2, 0) is 0 Å². The van der Waals surface area contributed by atoms with Crippen LogP contribution >= 0.6 is 11.8 Å². The van der Waals surface area contributed by atoms with Gasteiger partial charge in [-0.1, -0.05) is 6.07 Å². The van der Waals surface area contributed by atoms with Gasteiger partial charge < -0.3 is 20.4 Å². The first-order valence-electron chi connectivity index (χ1n) is 10.5. The molecule has 9 heteroatoms. The molecule has 1 aliphatic heterocycles. The number of carbonyl (C=O) groups excluding carboxylic acids is 1. The maximum Gasteiger partial charge on any atom is 0.321 e. The standard InChI is InChI=1S/C23H27N7OS/c1-16-7-8-24-20(13-16)28-21-15-22(26-17(2)25-21)29-9-11-30(12-10-29)23(31)27-18-5-4-6-19(14-18)32-3/h4-8,13-15H,9-12H2,1-3H3,(H,27,31)(H,24,25,26,28). The van der Waals surface area contributed by atoms with E-state index in [1.165, 1.54) is 0 Å². The second-order valence-corrected chi connectivity index (χ2v) is 8.52. The number of pyridine rings is 1. The number of piperazine rings is 1. The summed E-state index contributed by atoms with van der Waals surface area (Å²) in [4.78, 5) is 31.3. The molecular formula is C23H27N7OS. The molecule has 32 heavy (non-hydrogen) atoms. The monoisotopic (exact) mass is 449 g/mol. The Morgan fingerprint density at radius 3 is 2.56 bits per heavy atom. The number of hydrogen-bond acceptors (Lipinski definition) is 7. The zero-order valence-corrected chi connectivity index (χ0v) is 19.3. The van der Waals surface area contributed by atoms with E-state index in [1.54, 1.807) is 18.0 Å². The Bertz CT molecular complexity index is 1100. The van der Waals surface area contributed by atoms with Crippen molar-refractivity contribution >= 4 is 40.9 Å². The van der Waals surface area contributed by atoms with Crippen LogP contribution in [0.3, 0.4) is 0 Å². The van der Waals surface area contributed by atoms with Crippen LogP contribution in [0.1, 0.15) is 11.4 Å². The first kappa shape index (κ1) is 21.9. The van der Waals surface area contributed by atoms with Crippen LogP contribution in [0.15, 0.2) is 53.6 Å². The molecule has 0 bridgehead atoms. The largest absolute Gasteiger partial charge is 0.353 e. The van der Waals surface area contributed by atoms with Crippen molar-refractivity contribution in [2.45, 2.75) is 18.7 Å². The zero-order valence-electron chi connectivity index (χ0n) is 18.5. The minimum atomic E-state index is -0.0744. The van der Waals surface area contributed by atoms with Gasteiger partial charge in [0.15, 0.2) is 0 Å². The Labute approximate surface area is 192 Å². The molecular weight excluding hydrogens is 422 g/mol. The number of anilines is 4. The molecule has 166 valence electrons. The Kier molecular flexibility index (Phi) is 6.75. The van der Waals surface area contributed by atoms with Gasteiger partial charge in [-0.15, -0.1) is 11.8 Å². The summed E-state index contributed by atoms with van der Waals surface area (Å²) in [5, 5.41) is 6.27. The summed E-state index contributed by atoms with van der Waals surface area (Å²) in [6.45, 7) is 6.57. The van der Waals surface area contributed by atoms with Gasteiger partial charge in [-0.25, -0.2) is 19.7 Å². The number of aromatic nitrogens is 3. The lowest BCUT2D eigenvalue weighted by Crippen LogP contribution is -2.50. The molecule has 8 nitrogen and oxygen atoms in total. The summed E-state index contributed by atoms with van der Waals surface area (Å²) < 4.78 is 0. The van der Waals surface area contributed by atoms with Gasteiger partial charge in [0.05, 0.1) is 0 Å². The number of benzene rings is 1. The summed E-state index contributed by atoms with van der Waals surface area (Å²) in [6.07, 6.45) is 3.79. The summed E-state index contributed by atoms with van der Waals surface area (Å²) in [5.74, 6) is 2.99. The predicted octanol–water partition coefficient (Wildman–Crippen LogP) is 4.31. The van der Waals surface area contributed by atoms with Crippen molar-refractivity contribution in [2.75, 3.05) is 48.0 Å². The highest BCUT2D eigenvalue weighted by Crippen LogP contribution is 2.22. The van der Waals surface area contributed by atoms with Crippen LogP contribution < -0.4 is 15.5 Å². The van der Waals surface area contributed by atoms with Gasteiger partial charge >= 0.3 is 6.03 Å². The number of rotatable bonds is 5. The van der Waals surface area contributed by atoms with Gasteiger partial charge in [0, 0.05) is 49.0 Å². The van der Waals surface area contributed by atoms with Crippen molar-refractivity contribution in [3.8, 4) is 0 Å². The fourth-order valence-corrected chi connectivity index (χ4v) is 4.02. The minimum absolute atomic E-state index is 0.0744. The highest BCUT2D eigenvalue weighted by atomic mass is 32.2. The maximum atomic E-state index is 12.7. The van der Waals surface area contributed by atoms with E-state index in [1.807, 2.05) is 67.5 Å². The highest BCUT2D eigenvalue weighted by molar-refractivity contribution is 7.98. The number of urea groups is 1. The van der Waals surface area contributed by atoms with Crippen molar-refractivity contribution in [1.82, 2.24) is 19.9 Å². The van der Waals surface area contributed by atoms with Gasteiger partial charge in [-0.3, -0.25) is 0 Å². The highest BCUT2D eigenvalue weighted by Gasteiger charge is 2.22. The molecule has 2 N–H and O–H groups in total. The molecule has 4 rings (SSSR count). The summed E-state index contributed by atoms with van der Waals surface area (Å²) in [7, 11) is 0. The molecule has 0 radical (unpaired) electrons. The Morgan fingerprint density at radius 2 is 1.81 bits per heavy atom. The molecule has 0 spiro atoms. The Balaban J connectivity index is 1.38. The third kappa shape index (κ3) is 5.47. The predicted molar refractivity (Wildman–Crippen MR) is 130 cm³/mol. The van der Waals surface area contributed by atoms with E-state index < -0.39 is 0 Å². The SMILES string of the molecule is CSc1cccc(NC(=O)N2CCN(c3cc(Nc4cc(C)ccn4)nc(C)n3)CC2)c1. The Morgan fingerprint density at radius 1 is 1.00 bits per heavy atom. The van der Waals surface area contributed by atoms with Crippen LogP contribution in [-0.4, -0.2) is 58.3 Å². The van der Waals surface area contributed by atoms with E-state index in [-0.39, 0.29) is 6.03 Å². The van der Waals surface area contributed by atoms with Crippen LogP contribution in [0.2, 0.25) is 0 Å². The molecule has 0 atom stereocenters. The smallest absolute Gasteiger partial charge is 0.321 e. The maximum absolute atomic E-state index is 12.7. The van der Waals surface area contributed by atoms with Gasteiger partial charge in [0.2, 0.25) is 0 Å². The third-order valence-electron chi connectivity index (χ3n) is 5.21. The number of thioether (sulfide) groups is 1. The minimum Gasteiger partial charge on any atom is -0.353 e. The van der Waals surface area contributed by atoms with Gasteiger partial charge in [0.25, 0.3) is 0 Å². The van der Waals surface area contributed by atoms with E-state index in [0.717, 1.165) is 27.8 Å². The Hall–Kier alpha value is -3.33. The van der Waals surface area contributed by atoms with Crippen LogP contribution in [0, 0.1) is 13.8 Å². The molecule has 1 fully saturated rings. The second kappa shape index (κ2) is 9.86. The third-order valence-corrected chi connectivity index (χ3v) is 5.93. The molecule has 0 aliphatic carbocycles. The lowest BCUT2D eigenvalue weighted by Gasteiger charge is -2.35. The zero-order chi connectivity index (χ0) is 22.5. The van der Waals surface area contributed by atoms with Crippen LogP contribution in [0.25, 0.3) is 0 Å². The normalized spacial score (nSPS) is 13.7. The van der Waals surface area contributed by atoms with E-state index in [4.69, 9.17) is 0 Å². The molecule has 2 aromatic heterocycles. The number of nitrogens with one attached hydrogen (secondary N) is 2. The quantitative estimate of drug-likeness (QED) is 0.562. The molecule has 3 aromatic rings. The topological polar surface area (TPSA) is 86.3 Å². The van der Waals surface area contributed by atoms with Crippen molar-refractivity contribution in [1.29, 1.82) is 0 Å². The first-order chi connectivity index (χ1) is 15.5. The lowest BCUT2D eigenvalue weighted by atomic mass is 10.3. The van der Waals surface area contributed by atoms with E-state index >= 15 is 0 Å². The van der Waals surface area contributed by atoms with E-state index in [9.17, 15) is 4.79 Å². The summed E-state index contributed by atoms with van der Waals surface area (Å²) in [6, 6.07) is 13.7. The molecule has 1 saturated heterocycles. The first-order valence-corrected chi connectivity index (χ1v) is 11.7. The summed E-state index contributed by atoms with van der Waals surface area (Å²) in [5.41, 5.74) is 1.94. The fraction of sp³-hybridized carbons (Fsp3) is 0.304. The molecule has 1 aromatic carbocycles. The summed E-state index contributed by atoms with van der Waals surface area (Å²) >= 11 is 1.65. The average Bonchev–Trinajstić information content (AvgIpc) is 2.79. The molecule has 1 aliphatic rings. The molecule has 0 saturated carbocycles. The van der Waals surface area contributed by atoms with Crippen LogP contribution in [0.5, 0.6) is 0 Å². The number of aryl methyl sites for hydroxylation is 2. The average molecular weight is 450 g/mol. The number of hydrogen-bond donors (Lipinski definition) is 2. The van der Waals surface area contributed by atoms with Crippen molar-refractivity contribution < 1.29 is 4.79 Å². The number of nitrogens with zero attached hydrogens (tertiary/aromatic N) is 5. The van der Waals surface area contributed by atoms with Gasteiger partial charge in [0.1, 0.15) is 23.3 Å². The van der Waals surface area contributed by atoms with Crippen molar-refractivity contribution in [3.63, 3.8) is 0 Å². The van der Waals surface area contributed by atoms with Gasteiger partial charge in [-0.2, -0.15) is 0 Å². The number of carbonyl (C=O) groups is 1. The molecule has 3 heterocycles. The van der Waals surface area contributed by atoms with E-state index in [0.29, 0.717) is 37.8 Å². The van der Waals surface area contributed by atoms with Crippen molar-refractivity contribution in [2.24, 2.45) is 0 Å². The van der Waals surface area contributed by atoms with Crippen molar-refractivity contribution in [3.05, 3.63) is 60.0 Å².